The summed E-state index contributed by atoms with van der Waals surface area (Å²) in [7, 11) is -7.42. The second kappa shape index (κ2) is 11.7. The predicted molar refractivity (Wildman–Crippen MR) is 205 cm³/mol. The number of hydrogen-bond acceptors (Lipinski definition) is 8. The van der Waals surface area contributed by atoms with E-state index in [4.69, 9.17) is 37.2 Å². The zero-order chi connectivity index (χ0) is 37.3. The van der Waals surface area contributed by atoms with Gasteiger partial charge in [0.2, 0.25) is 0 Å². The lowest BCUT2D eigenvalue weighted by Crippen LogP contribution is -2.47. The Hall–Kier alpha value is -0.146. The average molecular weight is 702 g/mol. The summed E-state index contributed by atoms with van der Waals surface area (Å²) in [6.07, 6.45) is 0. The summed E-state index contributed by atoms with van der Waals surface area (Å²) in [5.74, 6) is 0. The first-order valence-corrected chi connectivity index (χ1v) is 24.9. The summed E-state index contributed by atoms with van der Waals surface area (Å²) >= 11 is 0. The first-order chi connectivity index (χ1) is 21.0. The van der Waals surface area contributed by atoms with Gasteiger partial charge in [-0.15, -0.1) is 0 Å². The molecule has 14 heteroatoms. The van der Waals surface area contributed by atoms with Gasteiger partial charge >= 0.3 is 28.5 Å². The molecule has 8 nitrogen and oxygen atoms in total. The fourth-order valence-corrected chi connectivity index (χ4v) is 10.2. The Bertz CT molecular complexity index is 1190. The average Bonchev–Trinajstić information content (AvgIpc) is 3.34. The maximum Gasteiger partial charge on any atom is 0.493 e. The van der Waals surface area contributed by atoms with Crippen LogP contribution < -0.4 is 0 Å². The lowest BCUT2D eigenvalue weighted by molar-refractivity contribution is 0.00578. The van der Waals surface area contributed by atoms with Crippen molar-refractivity contribution in [3.63, 3.8) is 0 Å². The topological polar surface area (TPSA) is 73.8 Å². The van der Waals surface area contributed by atoms with Gasteiger partial charge < -0.3 is 37.2 Å². The van der Waals surface area contributed by atoms with E-state index in [-0.39, 0.29) is 0 Å². The van der Waals surface area contributed by atoms with Gasteiger partial charge in [0.15, 0.2) is 0 Å². The van der Waals surface area contributed by atoms with Gasteiger partial charge in [0.05, 0.1) is 61.0 Å². The minimum absolute atomic E-state index is 0.550. The highest BCUT2D eigenvalue weighted by Crippen LogP contribution is 2.51. The monoisotopic (exact) mass is 702 g/mol. The summed E-state index contributed by atoms with van der Waals surface area (Å²) in [5.41, 5.74) is -2.84. The van der Waals surface area contributed by atoms with Crippen molar-refractivity contribution in [2.75, 3.05) is 0 Å². The van der Waals surface area contributed by atoms with E-state index in [0.717, 1.165) is 21.1 Å². The molecule has 4 heterocycles. The molecule has 4 saturated heterocycles. The third-order valence-electron chi connectivity index (χ3n) is 12.4. The fourth-order valence-electron chi connectivity index (χ4n) is 6.41. The van der Waals surface area contributed by atoms with Crippen molar-refractivity contribution in [1.29, 1.82) is 0 Å². The van der Waals surface area contributed by atoms with Crippen molar-refractivity contribution in [2.24, 2.45) is 0 Å². The molecule has 0 aromatic rings. The second-order valence-corrected chi connectivity index (χ2v) is 30.6. The molecule has 0 bridgehead atoms. The molecule has 0 unspecified atom stereocenters. The molecule has 270 valence electrons. The fraction of sp³-hybridized carbons (Fsp3) is 0.882. The molecule has 0 saturated carbocycles. The molecule has 0 spiro atoms. The highest BCUT2D eigenvalue weighted by molar-refractivity contribution is 6.99. The van der Waals surface area contributed by atoms with E-state index >= 15 is 0 Å². The molecule has 0 aliphatic carbocycles. The van der Waals surface area contributed by atoms with Crippen LogP contribution in [-0.4, -0.2) is 89.4 Å². The van der Waals surface area contributed by atoms with E-state index in [1.807, 2.05) is 0 Å². The van der Waals surface area contributed by atoms with E-state index in [0.29, 0.717) is 0 Å². The molecule has 0 atom stereocenters. The molecular formula is C34H66B4O8Si2. The largest absolute Gasteiger partial charge is 0.493 e. The molecule has 0 N–H and O–H groups in total. The first-order valence-electron chi connectivity index (χ1n) is 17.9. The third kappa shape index (κ3) is 6.87. The van der Waals surface area contributed by atoms with Crippen molar-refractivity contribution >= 4 is 44.6 Å². The Morgan fingerprint density at radius 3 is 0.583 bits per heavy atom. The smallest absolute Gasteiger partial charge is 0.400 e. The molecule has 4 rings (SSSR count). The van der Waals surface area contributed by atoms with Gasteiger partial charge in [-0.25, -0.2) is 0 Å². The Kier molecular flexibility index (Phi) is 9.88. The highest BCUT2D eigenvalue weighted by Gasteiger charge is 2.64. The third-order valence-corrected chi connectivity index (χ3v) is 16.7. The number of rotatable bonds is 7. The summed E-state index contributed by atoms with van der Waals surface area (Å²) in [4.78, 5) is 0. The normalized spacial score (nSPS) is 29.4. The zero-order valence-corrected chi connectivity index (χ0v) is 36.6. The first kappa shape index (κ1) is 40.6. The van der Waals surface area contributed by atoms with E-state index in [9.17, 15) is 0 Å². The van der Waals surface area contributed by atoms with Gasteiger partial charge in [0.1, 0.15) is 0 Å². The van der Waals surface area contributed by atoms with Crippen LogP contribution in [-0.2, 0) is 37.2 Å². The van der Waals surface area contributed by atoms with E-state index < -0.39 is 89.4 Å². The minimum Gasteiger partial charge on any atom is -0.400 e. The van der Waals surface area contributed by atoms with Gasteiger partial charge in [0.25, 0.3) is 0 Å². The molecule has 0 amide bonds. The van der Waals surface area contributed by atoms with Crippen molar-refractivity contribution in [2.45, 2.75) is 195 Å². The van der Waals surface area contributed by atoms with E-state index in [2.05, 4.69) is 150 Å². The van der Waals surface area contributed by atoms with Crippen molar-refractivity contribution in [3.8, 4) is 0 Å². The Morgan fingerprint density at radius 1 is 0.292 bits per heavy atom. The lowest BCUT2D eigenvalue weighted by atomic mass is 9.56. The molecule has 0 aromatic heterocycles. The predicted octanol–water partition coefficient (Wildman–Crippen LogP) is 7.86. The maximum absolute atomic E-state index is 7.04. The van der Waals surface area contributed by atoms with Gasteiger partial charge in [-0.05, 0) is 122 Å². The summed E-state index contributed by atoms with van der Waals surface area (Å²) in [5, 5.41) is 2.13. The van der Waals surface area contributed by atoms with Crippen LogP contribution >= 0.6 is 0 Å². The molecule has 4 aliphatic heterocycles. The second-order valence-electron chi connectivity index (χ2n) is 20.5. The van der Waals surface area contributed by atoms with Crippen LogP contribution in [0.4, 0.5) is 0 Å². The molecular weight excluding hydrogens is 636 g/mol. The molecule has 0 radical (unpaired) electrons. The quantitative estimate of drug-likeness (QED) is 0.196. The molecule has 4 aliphatic rings. The summed E-state index contributed by atoms with van der Waals surface area (Å²) in [6.45, 7) is 47.6. The molecule has 48 heavy (non-hydrogen) atoms. The summed E-state index contributed by atoms with van der Waals surface area (Å²) < 4.78 is 55.9. The highest BCUT2D eigenvalue weighted by atomic mass is 28.3. The van der Waals surface area contributed by atoms with Crippen LogP contribution in [0.25, 0.3) is 0 Å². The van der Waals surface area contributed by atoms with Crippen LogP contribution in [0.5, 0.6) is 0 Å². The van der Waals surface area contributed by atoms with Crippen LogP contribution in [0.2, 0.25) is 39.3 Å². The minimum atomic E-state index is -2.33. The summed E-state index contributed by atoms with van der Waals surface area (Å²) in [6, 6.07) is 0. The number of allylic oxidation sites excluding steroid dienone is 2. The maximum atomic E-state index is 7.04. The van der Waals surface area contributed by atoms with Gasteiger partial charge in [-0.3, -0.25) is 0 Å². The van der Waals surface area contributed by atoms with E-state index in [1.165, 1.54) is 0 Å². The standard InChI is InChI=1S/C34H66B4O8Si2/c1-27(2)28(3,4)40-35(39-27)23(25(47(17,18)19)37-43-31(9,10)32(11,12)44-37)24(36-41-29(5,6)30(7,8)42-36)26(48(20,21)22)38-45-33(13,14)34(15,16)46-38/h1-22H3/b25-23+,26-24+. The van der Waals surface area contributed by atoms with Crippen LogP contribution in [0.1, 0.15) is 111 Å². The van der Waals surface area contributed by atoms with Crippen LogP contribution in [0, 0.1) is 0 Å². The van der Waals surface area contributed by atoms with Crippen LogP contribution in [0.3, 0.4) is 0 Å². The lowest BCUT2D eigenvalue weighted by Gasteiger charge is -2.35. The molecule has 0 aromatic carbocycles. The van der Waals surface area contributed by atoms with Gasteiger partial charge in [-0.2, -0.15) is 0 Å². The SMILES string of the molecule is CC1(C)OB(C(/C(B2OC(C)(C)C(C)(C)O2)=C(/B2OC(C)(C)C(C)(C)O2)[Si](C)(C)C)=C(\B2OC(C)(C)C(C)(C)O2)[Si](C)(C)C)OC1(C)C. The van der Waals surface area contributed by atoms with Crippen molar-refractivity contribution < 1.29 is 37.2 Å². The Balaban J connectivity index is 2.22. The van der Waals surface area contributed by atoms with Gasteiger partial charge in [-0.1, -0.05) is 49.5 Å². The van der Waals surface area contributed by atoms with Crippen molar-refractivity contribution in [1.82, 2.24) is 0 Å². The Morgan fingerprint density at radius 2 is 0.438 bits per heavy atom. The Labute approximate surface area is 297 Å². The molecule has 4 fully saturated rings. The van der Waals surface area contributed by atoms with Gasteiger partial charge in [0, 0.05) is 0 Å². The van der Waals surface area contributed by atoms with E-state index in [1.54, 1.807) is 0 Å². The van der Waals surface area contributed by atoms with Crippen LogP contribution in [0.15, 0.2) is 21.1 Å². The zero-order valence-electron chi connectivity index (χ0n) is 34.6. The number of hydrogen-bond donors (Lipinski definition) is 0. The van der Waals surface area contributed by atoms with Crippen molar-refractivity contribution in [3.05, 3.63) is 21.1 Å².